The number of aromatic nitrogens is 1. The monoisotopic (exact) mass is 317 g/mol. The van der Waals surface area contributed by atoms with Crippen molar-refractivity contribution in [3.8, 4) is 0 Å². The van der Waals surface area contributed by atoms with Crippen LogP contribution < -0.4 is 4.72 Å². The van der Waals surface area contributed by atoms with Crippen LogP contribution in [0.2, 0.25) is 0 Å². The van der Waals surface area contributed by atoms with Gasteiger partial charge in [-0.1, -0.05) is 0 Å². The third-order valence-corrected chi connectivity index (χ3v) is 4.75. The number of hydrogen-bond acceptors (Lipinski definition) is 4. The highest BCUT2D eigenvalue weighted by molar-refractivity contribution is 7.89. The van der Waals surface area contributed by atoms with Gasteiger partial charge in [-0.2, -0.15) is 0 Å². The molecule has 1 unspecified atom stereocenters. The summed E-state index contributed by atoms with van der Waals surface area (Å²) in [5.74, 6) is -1.15. The van der Waals surface area contributed by atoms with E-state index in [1.165, 1.54) is 16.8 Å². The molecule has 0 aliphatic heterocycles. The average Bonchev–Trinajstić information content (AvgIpc) is 2.81. The van der Waals surface area contributed by atoms with E-state index in [2.05, 4.69) is 4.72 Å². The molecule has 2 N–H and O–H groups in total. The molecule has 0 spiro atoms. The van der Waals surface area contributed by atoms with Crippen molar-refractivity contribution in [3.05, 3.63) is 18.0 Å². The maximum absolute atomic E-state index is 12.2. The van der Waals surface area contributed by atoms with Gasteiger partial charge in [0.1, 0.15) is 10.6 Å². The Balaban J connectivity index is 3.04. The van der Waals surface area contributed by atoms with Crippen LogP contribution in [-0.4, -0.2) is 55.6 Å². The van der Waals surface area contributed by atoms with Crippen LogP contribution in [0.1, 0.15) is 37.3 Å². The maximum Gasteiger partial charge on any atom is 0.352 e. The topological polar surface area (TPSA) is 91.6 Å². The van der Waals surface area contributed by atoms with E-state index < -0.39 is 16.0 Å². The molecule has 1 atom stereocenters. The number of nitrogens with zero attached hydrogens (tertiary/aromatic N) is 2. The minimum atomic E-state index is -3.72. The van der Waals surface area contributed by atoms with E-state index in [9.17, 15) is 13.2 Å². The molecule has 0 saturated heterocycles. The Labute approximate surface area is 125 Å². The van der Waals surface area contributed by atoms with Crippen LogP contribution in [0.5, 0.6) is 0 Å². The molecule has 0 saturated carbocycles. The number of carbonyl (C=O) groups is 1. The van der Waals surface area contributed by atoms with Gasteiger partial charge in [0.25, 0.3) is 0 Å². The first-order chi connectivity index (χ1) is 9.56. The average molecular weight is 317 g/mol. The molecule has 0 amide bonds. The quantitative estimate of drug-likeness (QED) is 0.782. The van der Waals surface area contributed by atoms with Crippen LogP contribution in [-0.2, 0) is 10.0 Å². The predicted octanol–water partition coefficient (Wildman–Crippen LogP) is 0.996. The van der Waals surface area contributed by atoms with Crippen molar-refractivity contribution in [1.82, 2.24) is 14.2 Å². The molecule has 21 heavy (non-hydrogen) atoms. The number of aromatic carboxylic acids is 1. The summed E-state index contributed by atoms with van der Waals surface area (Å²) in [4.78, 5) is 13.0. The lowest BCUT2D eigenvalue weighted by atomic mass is 10.3. The minimum absolute atomic E-state index is 0.0282. The Morgan fingerprint density at radius 2 is 1.95 bits per heavy atom. The molecule has 1 aromatic rings. The summed E-state index contributed by atoms with van der Waals surface area (Å²) in [6, 6.07) is 1.08. The van der Waals surface area contributed by atoms with Crippen molar-refractivity contribution >= 4 is 16.0 Å². The van der Waals surface area contributed by atoms with Crippen LogP contribution in [0, 0.1) is 0 Å². The van der Waals surface area contributed by atoms with Crippen molar-refractivity contribution in [3.63, 3.8) is 0 Å². The summed E-state index contributed by atoms with van der Waals surface area (Å²) >= 11 is 0. The highest BCUT2D eigenvalue weighted by Gasteiger charge is 2.22. The lowest BCUT2D eigenvalue weighted by molar-refractivity contribution is 0.0683. The Kier molecular flexibility index (Phi) is 5.54. The van der Waals surface area contributed by atoms with Crippen molar-refractivity contribution in [2.75, 3.05) is 20.6 Å². The number of hydrogen-bond donors (Lipinski definition) is 2. The number of nitrogens with one attached hydrogen (secondary N) is 1. The zero-order valence-corrected chi connectivity index (χ0v) is 13.8. The molecule has 0 fully saturated rings. The highest BCUT2D eigenvalue weighted by atomic mass is 32.2. The molecule has 0 bridgehead atoms. The smallest absolute Gasteiger partial charge is 0.352 e. The molecule has 0 aliphatic rings. The first-order valence-corrected chi connectivity index (χ1v) is 8.15. The van der Waals surface area contributed by atoms with E-state index in [0.717, 1.165) is 0 Å². The largest absolute Gasteiger partial charge is 0.477 e. The lowest BCUT2D eigenvalue weighted by Gasteiger charge is -2.19. The number of carboxylic acids is 1. The Bertz CT molecular complexity index is 605. The number of likely N-dealkylation sites (N-methyl/N-ethyl adjacent to an activating group) is 1. The molecular formula is C13H23N3O4S. The van der Waals surface area contributed by atoms with Crippen LogP contribution >= 0.6 is 0 Å². The summed E-state index contributed by atoms with van der Waals surface area (Å²) < 4.78 is 28.4. The summed E-state index contributed by atoms with van der Waals surface area (Å²) in [6.07, 6.45) is 1.36. The molecular weight excluding hydrogens is 294 g/mol. The van der Waals surface area contributed by atoms with Crippen molar-refractivity contribution in [2.24, 2.45) is 0 Å². The molecule has 8 heteroatoms. The van der Waals surface area contributed by atoms with E-state index in [1.807, 2.05) is 25.9 Å². The molecule has 0 aromatic carbocycles. The van der Waals surface area contributed by atoms with E-state index in [0.29, 0.717) is 0 Å². The zero-order chi connectivity index (χ0) is 16.4. The predicted molar refractivity (Wildman–Crippen MR) is 80.1 cm³/mol. The lowest BCUT2D eigenvalue weighted by Crippen LogP contribution is -2.38. The van der Waals surface area contributed by atoms with Crippen LogP contribution in [0.4, 0.5) is 0 Å². The number of sulfonamides is 1. The number of rotatable bonds is 7. The number of carboxylic acid groups (broad SMARTS) is 1. The van der Waals surface area contributed by atoms with Crippen molar-refractivity contribution in [2.45, 2.75) is 37.8 Å². The van der Waals surface area contributed by atoms with E-state index in [-0.39, 0.29) is 29.2 Å². The van der Waals surface area contributed by atoms with Gasteiger partial charge in [0.2, 0.25) is 10.0 Å². The summed E-state index contributed by atoms with van der Waals surface area (Å²) in [7, 11) is -0.00266. The van der Waals surface area contributed by atoms with Gasteiger partial charge in [-0.05, 0) is 40.9 Å². The fourth-order valence-electron chi connectivity index (χ4n) is 1.70. The molecule has 1 aromatic heterocycles. The summed E-state index contributed by atoms with van der Waals surface area (Å²) in [5.41, 5.74) is -0.0361. The van der Waals surface area contributed by atoms with Crippen LogP contribution in [0.25, 0.3) is 0 Å². The first kappa shape index (κ1) is 17.7. The summed E-state index contributed by atoms with van der Waals surface area (Å²) in [6.45, 7) is 5.74. The SMILES string of the molecule is CC(CNS(=O)(=O)c1cc(C(=O)O)n(C(C)C)c1)N(C)C. The van der Waals surface area contributed by atoms with E-state index >= 15 is 0 Å². The summed E-state index contributed by atoms with van der Waals surface area (Å²) in [5, 5.41) is 9.14. The van der Waals surface area contributed by atoms with Gasteiger partial charge in [-0.3, -0.25) is 0 Å². The Morgan fingerprint density at radius 3 is 2.33 bits per heavy atom. The van der Waals surface area contributed by atoms with Gasteiger partial charge in [0.15, 0.2) is 0 Å². The minimum Gasteiger partial charge on any atom is -0.477 e. The van der Waals surface area contributed by atoms with Crippen LogP contribution in [0.15, 0.2) is 17.2 Å². The van der Waals surface area contributed by atoms with Crippen molar-refractivity contribution < 1.29 is 18.3 Å². The first-order valence-electron chi connectivity index (χ1n) is 6.67. The van der Waals surface area contributed by atoms with Gasteiger partial charge in [-0.15, -0.1) is 0 Å². The van der Waals surface area contributed by atoms with Gasteiger partial charge in [0, 0.05) is 24.8 Å². The highest BCUT2D eigenvalue weighted by Crippen LogP contribution is 2.19. The molecule has 0 aliphatic carbocycles. The third kappa shape index (κ3) is 4.29. The van der Waals surface area contributed by atoms with E-state index in [4.69, 9.17) is 5.11 Å². The van der Waals surface area contributed by atoms with Gasteiger partial charge in [-0.25, -0.2) is 17.9 Å². The fraction of sp³-hybridized carbons (Fsp3) is 0.615. The molecule has 1 rings (SSSR count). The zero-order valence-electron chi connectivity index (χ0n) is 13.0. The Morgan fingerprint density at radius 1 is 1.38 bits per heavy atom. The molecule has 0 radical (unpaired) electrons. The van der Waals surface area contributed by atoms with E-state index in [1.54, 1.807) is 13.8 Å². The second kappa shape index (κ2) is 6.59. The fourth-order valence-corrected chi connectivity index (χ4v) is 2.84. The molecule has 1 heterocycles. The second-order valence-electron chi connectivity index (χ2n) is 5.53. The molecule has 120 valence electrons. The molecule has 7 nitrogen and oxygen atoms in total. The van der Waals surface area contributed by atoms with Crippen molar-refractivity contribution in [1.29, 1.82) is 0 Å². The van der Waals surface area contributed by atoms with Crippen LogP contribution in [0.3, 0.4) is 0 Å². The Hall–Kier alpha value is -1.38. The van der Waals surface area contributed by atoms with Gasteiger partial charge < -0.3 is 14.6 Å². The third-order valence-electron chi connectivity index (χ3n) is 3.36. The normalized spacial score (nSPS) is 13.9. The van der Waals surface area contributed by atoms with Gasteiger partial charge in [0.05, 0.1) is 0 Å². The standard InChI is InChI=1S/C13H23N3O4S/c1-9(2)16-8-11(6-12(16)13(17)18)21(19,20)14-7-10(3)15(4)5/h6,8-10,14H,7H2,1-5H3,(H,17,18). The van der Waals surface area contributed by atoms with Gasteiger partial charge >= 0.3 is 5.97 Å². The second-order valence-corrected chi connectivity index (χ2v) is 7.30. The maximum atomic E-state index is 12.2.